The van der Waals surface area contributed by atoms with Crippen molar-refractivity contribution in [3.05, 3.63) is 36.6 Å². The van der Waals surface area contributed by atoms with Crippen LogP contribution < -0.4 is 0 Å². The van der Waals surface area contributed by atoms with E-state index in [0.717, 1.165) is 0 Å². The Morgan fingerprint density at radius 1 is 1.42 bits per heavy atom. The minimum atomic E-state index is 0.521. The second kappa shape index (κ2) is 5.64. The number of hydrogen-bond donors (Lipinski definition) is 0. The molecule has 1 heteroatoms. The van der Waals surface area contributed by atoms with Crippen molar-refractivity contribution in [1.29, 1.82) is 0 Å². The Bertz CT molecular complexity index is 187. The van der Waals surface area contributed by atoms with Crippen molar-refractivity contribution in [2.75, 3.05) is 7.05 Å². The van der Waals surface area contributed by atoms with Crippen molar-refractivity contribution in [3.8, 4) is 0 Å². The molecule has 0 aromatic rings. The standard InChI is InChI=1S/C11H19N/c1-6-8-11(9-7-2)12(5)10(3)4/h6-10H,1H2,2-5H3/b9-7-,11-8+. The smallest absolute Gasteiger partial charge is 0.0362 e. The summed E-state index contributed by atoms with van der Waals surface area (Å²) in [6.45, 7) is 10.0. The van der Waals surface area contributed by atoms with E-state index < -0.39 is 0 Å². The van der Waals surface area contributed by atoms with E-state index in [1.54, 1.807) is 0 Å². The zero-order valence-corrected chi connectivity index (χ0v) is 8.54. The number of hydrogen-bond acceptors (Lipinski definition) is 1. The van der Waals surface area contributed by atoms with Gasteiger partial charge in [-0.25, -0.2) is 0 Å². The minimum Gasteiger partial charge on any atom is -0.372 e. The zero-order valence-electron chi connectivity index (χ0n) is 8.54. The van der Waals surface area contributed by atoms with E-state index in [-0.39, 0.29) is 0 Å². The molecule has 0 unspecified atom stereocenters. The van der Waals surface area contributed by atoms with Crippen molar-refractivity contribution in [3.63, 3.8) is 0 Å². The van der Waals surface area contributed by atoms with Crippen LogP contribution in [-0.2, 0) is 0 Å². The molecule has 0 aromatic heterocycles. The summed E-state index contributed by atoms with van der Waals surface area (Å²) < 4.78 is 0. The van der Waals surface area contributed by atoms with Crippen LogP contribution in [0.25, 0.3) is 0 Å². The van der Waals surface area contributed by atoms with Gasteiger partial charge >= 0.3 is 0 Å². The van der Waals surface area contributed by atoms with E-state index in [2.05, 4.69) is 38.5 Å². The van der Waals surface area contributed by atoms with Gasteiger partial charge in [0.25, 0.3) is 0 Å². The van der Waals surface area contributed by atoms with Crippen molar-refractivity contribution in [1.82, 2.24) is 4.90 Å². The topological polar surface area (TPSA) is 3.24 Å². The highest BCUT2D eigenvalue weighted by Gasteiger charge is 2.03. The Kier molecular flexibility index (Phi) is 5.18. The second-order valence-electron chi connectivity index (χ2n) is 3.03. The molecule has 0 spiro atoms. The molecule has 0 fully saturated rings. The van der Waals surface area contributed by atoms with Gasteiger partial charge < -0.3 is 4.90 Å². The first-order valence-corrected chi connectivity index (χ1v) is 4.31. The largest absolute Gasteiger partial charge is 0.372 e. The molecule has 0 heterocycles. The summed E-state index contributed by atoms with van der Waals surface area (Å²) >= 11 is 0. The summed E-state index contributed by atoms with van der Waals surface area (Å²) in [6, 6.07) is 0.521. The monoisotopic (exact) mass is 165 g/mol. The fraction of sp³-hybridized carbons (Fsp3) is 0.455. The van der Waals surface area contributed by atoms with Gasteiger partial charge in [-0.15, -0.1) is 0 Å². The lowest BCUT2D eigenvalue weighted by atomic mass is 10.2. The summed E-state index contributed by atoms with van der Waals surface area (Å²) in [5, 5.41) is 0. The van der Waals surface area contributed by atoms with E-state index >= 15 is 0 Å². The molecule has 0 N–H and O–H groups in total. The SMILES string of the molecule is C=C/C=C(\C=C/C)N(C)C(C)C. The fourth-order valence-corrected chi connectivity index (χ4v) is 0.880. The molecule has 0 saturated carbocycles. The van der Waals surface area contributed by atoms with E-state index in [1.807, 2.05) is 25.2 Å². The number of nitrogens with zero attached hydrogens (tertiary/aromatic N) is 1. The van der Waals surface area contributed by atoms with Gasteiger partial charge in [-0.05, 0) is 32.9 Å². The van der Waals surface area contributed by atoms with Crippen LogP contribution in [-0.4, -0.2) is 18.0 Å². The molecule has 12 heavy (non-hydrogen) atoms. The first-order valence-electron chi connectivity index (χ1n) is 4.31. The maximum absolute atomic E-state index is 3.69. The normalized spacial score (nSPS) is 12.6. The van der Waals surface area contributed by atoms with E-state index in [4.69, 9.17) is 0 Å². The van der Waals surface area contributed by atoms with Gasteiger partial charge in [0.2, 0.25) is 0 Å². The van der Waals surface area contributed by atoms with Gasteiger partial charge in [0.15, 0.2) is 0 Å². The summed E-state index contributed by atoms with van der Waals surface area (Å²) in [7, 11) is 2.08. The Labute approximate surface area is 76.1 Å². The Morgan fingerprint density at radius 3 is 2.33 bits per heavy atom. The average Bonchev–Trinajstić information content (AvgIpc) is 2.03. The summed E-state index contributed by atoms with van der Waals surface area (Å²) in [5.41, 5.74) is 1.20. The molecule has 0 aliphatic heterocycles. The van der Waals surface area contributed by atoms with Gasteiger partial charge in [0.05, 0.1) is 0 Å². The van der Waals surface area contributed by atoms with Crippen molar-refractivity contribution in [2.24, 2.45) is 0 Å². The van der Waals surface area contributed by atoms with Crippen molar-refractivity contribution in [2.45, 2.75) is 26.8 Å². The third-order valence-corrected chi connectivity index (χ3v) is 1.81. The fourth-order valence-electron chi connectivity index (χ4n) is 0.880. The molecular weight excluding hydrogens is 146 g/mol. The van der Waals surface area contributed by atoms with Crippen LogP contribution >= 0.6 is 0 Å². The first kappa shape index (κ1) is 11.0. The van der Waals surface area contributed by atoms with Crippen LogP contribution in [0.15, 0.2) is 36.6 Å². The number of likely N-dealkylation sites (N-methyl/N-ethyl adjacent to an activating group) is 1. The van der Waals surface area contributed by atoms with Gasteiger partial charge in [-0.2, -0.15) is 0 Å². The molecule has 1 nitrogen and oxygen atoms in total. The van der Waals surface area contributed by atoms with Crippen LogP contribution in [0.3, 0.4) is 0 Å². The average molecular weight is 165 g/mol. The maximum Gasteiger partial charge on any atom is 0.0362 e. The lowest BCUT2D eigenvalue weighted by Gasteiger charge is -2.24. The highest BCUT2D eigenvalue weighted by Crippen LogP contribution is 2.07. The molecule has 0 saturated heterocycles. The van der Waals surface area contributed by atoms with Crippen LogP contribution in [0.4, 0.5) is 0 Å². The predicted octanol–water partition coefficient (Wildman–Crippen LogP) is 2.97. The molecule has 0 amide bonds. The molecule has 0 rings (SSSR count). The molecule has 0 atom stereocenters. The molecule has 68 valence electrons. The minimum absolute atomic E-state index is 0.521. The summed E-state index contributed by atoms with van der Waals surface area (Å²) in [6.07, 6.45) is 7.95. The maximum atomic E-state index is 3.69. The quantitative estimate of drug-likeness (QED) is 0.579. The molecular formula is C11H19N. The second-order valence-corrected chi connectivity index (χ2v) is 3.03. The molecule has 0 aliphatic rings. The van der Waals surface area contributed by atoms with E-state index in [1.165, 1.54) is 5.70 Å². The van der Waals surface area contributed by atoms with Crippen LogP contribution in [0.2, 0.25) is 0 Å². The third kappa shape index (κ3) is 3.42. The molecule has 0 radical (unpaired) electrons. The summed E-state index contributed by atoms with van der Waals surface area (Å²) in [4.78, 5) is 2.21. The van der Waals surface area contributed by atoms with Crippen molar-refractivity contribution < 1.29 is 0 Å². The lowest BCUT2D eigenvalue weighted by molar-refractivity contribution is 0.354. The Hall–Kier alpha value is -0.980. The highest BCUT2D eigenvalue weighted by molar-refractivity contribution is 5.21. The summed E-state index contributed by atoms with van der Waals surface area (Å²) in [5.74, 6) is 0. The van der Waals surface area contributed by atoms with Crippen LogP contribution in [0, 0.1) is 0 Å². The van der Waals surface area contributed by atoms with Gasteiger partial charge in [0.1, 0.15) is 0 Å². The molecule has 0 aromatic carbocycles. The lowest BCUT2D eigenvalue weighted by Crippen LogP contribution is -2.24. The Morgan fingerprint density at radius 2 is 2.00 bits per heavy atom. The van der Waals surface area contributed by atoms with E-state index in [9.17, 15) is 0 Å². The van der Waals surface area contributed by atoms with Crippen LogP contribution in [0.5, 0.6) is 0 Å². The Balaban J connectivity index is 4.50. The van der Waals surface area contributed by atoms with Crippen LogP contribution in [0.1, 0.15) is 20.8 Å². The molecule has 0 aliphatic carbocycles. The van der Waals surface area contributed by atoms with Gasteiger partial charge in [-0.1, -0.05) is 18.7 Å². The van der Waals surface area contributed by atoms with E-state index in [0.29, 0.717) is 6.04 Å². The van der Waals surface area contributed by atoms with Gasteiger partial charge in [0, 0.05) is 18.8 Å². The highest BCUT2D eigenvalue weighted by atomic mass is 15.1. The third-order valence-electron chi connectivity index (χ3n) is 1.81. The zero-order chi connectivity index (χ0) is 9.56. The predicted molar refractivity (Wildman–Crippen MR) is 56.0 cm³/mol. The first-order chi connectivity index (χ1) is 5.63. The number of rotatable bonds is 4. The number of allylic oxidation sites excluding steroid dienone is 4. The van der Waals surface area contributed by atoms with Crippen molar-refractivity contribution >= 4 is 0 Å². The molecule has 0 bridgehead atoms. The van der Waals surface area contributed by atoms with Gasteiger partial charge in [-0.3, -0.25) is 0 Å².